The molecule has 4 nitrogen and oxygen atoms in total. The molecular formula is C13H14FN3O. The van der Waals surface area contributed by atoms with Crippen molar-refractivity contribution in [3.63, 3.8) is 0 Å². The Hall–Kier alpha value is -1.91. The number of fused-ring (bicyclic) bond motifs is 1. The van der Waals surface area contributed by atoms with E-state index >= 15 is 0 Å². The summed E-state index contributed by atoms with van der Waals surface area (Å²) in [6.07, 6.45) is -0.472. The van der Waals surface area contributed by atoms with Crippen molar-refractivity contribution in [1.82, 2.24) is 14.7 Å². The van der Waals surface area contributed by atoms with Gasteiger partial charge >= 0.3 is 0 Å². The van der Waals surface area contributed by atoms with Crippen LogP contribution >= 0.6 is 0 Å². The molecule has 0 bridgehead atoms. The molecular weight excluding hydrogens is 233 g/mol. The number of hydrogen-bond donors (Lipinski definition) is 0. The highest BCUT2D eigenvalue weighted by atomic mass is 19.1. The monoisotopic (exact) mass is 247 g/mol. The van der Waals surface area contributed by atoms with E-state index in [1.54, 1.807) is 16.6 Å². The van der Waals surface area contributed by atoms with Crippen LogP contribution in [0.1, 0.15) is 16.9 Å². The molecule has 0 N–H and O–H groups in total. The van der Waals surface area contributed by atoms with Crippen LogP contribution in [-0.2, 0) is 7.05 Å². The summed E-state index contributed by atoms with van der Waals surface area (Å²) in [5, 5.41) is 5.09. The number of alkyl halides is 1. The summed E-state index contributed by atoms with van der Waals surface area (Å²) < 4.78 is 14.8. The molecule has 2 aromatic rings. The number of hydrogen-bond acceptors (Lipinski definition) is 2. The fraction of sp³-hybridized carbons (Fsp3) is 0.385. The molecule has 18 heavy (non-hydrogen) atoms. The minimum absolute atomic E-state index is 0.174. The second-order valence-electron chi connectivity index (χ2n) is 4.63. The second-order valence-corrected chi connectivity index (χ2v) is 4.63. The van der Waals surface area contributed by atoms with E-state index in [0.717, 1.165) is 10.9 Å². The van der Waals surface area contributed by atoms with Crippen LogP contribution in [0.15, 0.2) is 24.3 Å². The molecule has 2 heterocycles. The first kappa shape index (κ1) is 11.2. The third-order valence-corrected chi connectivity index (χ3v) is 3.38. The molecule has 1 aliphatic rings. The van der Waals surface area contributed by atoms with Crippen molar-refractivity contribution < 1.29 is 9.18 Å². The van der Waals surface area contributed by atoms with Gasteiger partial charge in [0.2, 0.25) is 0 Å². The Bertz CT molecular complexity index is 607. The number of rotatable bonds is 1. The smallest absolute Gasteiger partial charge is 0.275 e. The first-order valence-electron chi connectivity index (χ1n) is 6.02. The Morgan fingerprint density at radius 1 is 1.44 bits per heavy atom. The Labute approximate surface area is 104 Å². The molecule has 0 aliphatic carbocycles. The number of nitrogens with zero attached hydrogens (tertiary/aromatic N) is 3. The van der Waals surface area contributed by atoms with Gasteiger partial charge in [0.15, 0.2) is 5.69 Å². The van der Waals surface area contributed by atoms with Crippen LogP contribution < -0.4 is 0 Å². The van der Waals surface area contributed by atoms with E-state index in [1.807, 2.05) is 24.3 Å². The molecule has 1 unspecified atom stereocenters. The molecule has 5 heteroatoms. The molecule has 0 radical (unpaired) electrons. The fourth-order valence-corrected chi connectivity index (χ4v) is 2.42. The van der Waals surface area contributed by atoms with Crippen molar-refractivity contribution in [2.24, 2.45) is 7.05 Å². The predicted molar refractivity (Wildman–Crippen MR) is 66.1 cm³/mol. The molecule has 1 aliphatic heterocycles. The van der Waals surface area contributed by atoms with Gasteiger partial charge in [0.1, 0.15) is 6.17 Å². The molecule has 1 amide bonds. The molecule has 94 valence electrons. The average Bonchev–Trinajstić information content (AvgIpc) is 2.94. The van der Waals surface area contributed by atoms with E-state index in [2.05, 4.69) is 5.10 Å². The number of carbonyl (C=O) groups is 1. The summed E-state index contributed by atoms with van der Waals surface area (Å²) in [7, 11) is 1.81. The largest absolute Gasteiger partial charge is 0.334 e. The lowest BCUT2D eigenvalue weighted by molar-refractivity contribution is 0.0778. The second kappa shape index (κ2) is 4.08. The summed E-state index contributed by atoms with van der Waals surface area (Å²) >= 11 is 0. The molecule has 1 fully saturated rings. The molecule has 1 aromatic heterocycles. The summed E-state index contributed by atoms with van der Waals surface area (Å²) in [6, 6.07) is 7.58. The van der Waals surface area contributed by atoms with Gasteiger partial charge in [0.05, 0.1) is 12.1 Å². The summed E-state index contributed by atoms with van der Waals surface area (Å²) in [5.41, 5.74) is 1.33. The molecule has 3 rings (SSSR count). The van der Waals surface area contributed by atoms with E-state index in [9.17, 15) is 9.18 Å². The Kier molecular flexibility index (Phi) is 2.54. The van der Waals surface area contributed by atoms with Gasteiger partial charge in [-0.25, -0.2) is 4.39 Å². The minimum Gasteiger partial charge on any atom is -0.334 e. The van der Waals surface area contributed by atoms with Crippen molar-refractivity contribution in [1.29, 1.82) is 0 Å². The number of carbonyl (C=O) groups excluding carboxylic acids is 1. The zero-order valence-corrected chi connectivity index (χ0v) is 10.1. The third kappa shape index (κ3) is 1.66. The first-order valence-corrected chi connectivity index (χ1v) is 6.02. The van der Waals surface area contributed by atoms with Crippen molar-refractivity contribution in [3.05, 3.63) is 30.0 Å². The van der Waals surface area contributed by atoms with E-state index in [1.165, 1.54) is 0 Å². The average molecular weight is 247 g/mol. The number of aromatic nitrogens is 2. The van der Waals surface area contributed by atoms with Crippen LogP contribution in [0.5, 0.6) is 0 Å². The van der Waals surface area contributed by atoms with Crippen molar-refractivity contribution >= 4 is 16.8 Å². The number of amides is 1. The number of benzene rings is 1. The quantitative estimate of drug-likeness (QED) is 0.770. The number of para-hydroxylation sites is 1. The normalized spacial score (nSPS) is 19.7. The lowest BCUT2D eigenvalue weighted by Gasteiger charge is -2.13. The highest BCUT2D eigenvalue weighted by Gasteiger charge is 2.29. The van der Waals surface area contributed by atoms with Crippen LogP contribution in [0.3, 0.4) is 0 Å². The van der Waals surface area contributed by atoms with Crippen molar-refractivity contribution in [2.45, 2.75) is 12.6 Å². The van der Waals surface area contributed by atoms with Gasteiger partial charge in [-0.3, -0.25) is 9.48 Å². The van der Waals surface area contributed by atoms with Crippen LogP contribution in [0.4, 0.5) is 4.39 Å². The van der Waals surface area contributed by atoms with Gasteiger partial charge in [-0.15, -0.1) is 0 Å². The van der Waals surface area contributed by atoms with Gasteiger partial charge in [0, 0.05) is 19.0 Å². The van der Waals surface area contributed by atoms with Crippen molar-refractivity contribution in [2.75, 3.05) is 13.1 Å². The highest BCUT2D eigenvalue weighted by molar-refractivity contribution is 6.04. The van der Waals surface area contributed by atoms with E-state index < -0.39 is 6.17 Å². The maximum Gasteiger partial charge on any atom is 0.275 e. The topological polar surface area (TPSA) is 38.1 Å². The molecule has 0 saturated carbocycles. The number of halogens is 1. The van der Waals surface area contributed by atoms with E-state index in [0.29, 0.717) is 18.7 Å². The van der Waals surface area contributed by atoms with E-state index in [4.69, 9.17) is 0 Å². The highest BCUT2D eigenvalue weighted by Crippen LogP contribution is 2.21. The van der Waals surface area contributed by atoms with Crippen LogP contribution in [0, 0.1) is 0 Å². The summed E-state index contributed by atoms with van der Waals surface area (Å²) in [6.45, 7) is 0.661. The van der Waals surface area contributed by atoms with Gasteiger partial charge in [-0.2, -0.15) is 5.10 Å². The lowest BCUT2D eigenvalue weighted by atomic mass is 10.2. The summed E-state index contributed by atoms with van der Waals surface area (Å²) in [4.78, 5) is 13.8. The van der Waals surface area contributed by atoms with Crippen LogP contribution in [0.25, 0.3) is 10.9 Å². The van der Waals surface area contributed by atoms with Crippen LogP contribution in [-0.4, -0.2) is 39.8 Å². The number of likely N-dealkylation sites (tertiary alicyclic amines) is 1. The predicted octanol–water partition coefficient (Wildman–Crippen LogP) is 1.76. The number of aryl methyl sites for hydroxylation is 1. The van der Waals surface area contributed by atoms with E-state index in [-0.39, 0.29) is 12.5 Å². The molecule has 0 spiro atoms. The Balaban J connectivity index is 2.02. The SMILES string of the molecule is Cn1nc(C(=O)N2CCC(F)C2)c2ccccc21. The lowest BCUT2D eigenvalue weighted by Crippen LogP contribution is -2.29. The van der Waals surface area contributed by atoms with Gasteiger partial charge in [-0.1, -0.05) is 18.2 Å². The Morgan fingerprint density at radius 2 is 2.22 bits per heavy atom. The minimum atomic E-state index is -0.899. The zero-order valence-electron chi connectivity index (χ0n) is 10.1. The fourth-order valence-electron chi connectivity index (χ4n) is 2.42. The van der Waals surface area contributed by atoms with Crippen molar-refractivity contribution in [3.8, 4) is 0 Å². The van der Waals surface area contributed by atoms with Gasteiger partial charge in [-0.05, 0) is 12.5 Å². The third-order valence-electron chi connectivity index (χ3n) is 3.38. The van der Waals surface area contributed by atoms with Crippen LogP contribution in [0.2, 0.25) is 0 Å². The van der Waals surface area contributed by atoms with Gasteiger partial charge in [0.25, 0.3) is 5.91 Å². The summed E-state index contributed by atoms with van der Waals surface area (Å²) in [5.74, 6) is -0.174. The molecule has 1 atom stereocenters. The standard InChI is InChI=1S/C13H14FN3O/c1-16-11-5-3-2-4-10(11)12(15-16)13(18)17-7-6-9(14)8-17/h2-5,9H,6-8H2,1H3. The maximum atomic E-state index is 13.1. The Morgan fingerprint density at radius 3 is 2.94 bits per heavy atom. The zero-order chi connectivity index (χ0) is 12.7. The first-order chi connectivity index (χ1) is 8.66. The molecule has 1 saturated heterocycles. The maximum absolute atomic E-state index is 13.1. The van der Waals surface area contributed by atoms with Gasteiger partial charge < -0.3 is 4.90 Å². The molecule has 1 aromatic carbocycles.